The van der Waals surface area contributed by atoms with Gasteiger partial charge in [-0.2, -0.15) is 0 Å². The molecule has 1 saturated heterocycles. The highest BCUT2D eigenvalue weighted by atomic mass is 16.5. The molecule has 1 aliphatic heterocycles. The van der Waals surface area contributed by atoms with Crippen LogP contribution in [-0.2, 0) is 4.79 Å². The van der Waals surface area contributed by atoms with E-state index in [0.29, 0.717) is 24.7 Å². The Bertz CT molecular complexity index is 704. The van der Waals surface area contributed by atoms with Crippen LogP contribution in [0.2, 0.25) is 0 Å². The van der Waals surface area contributed by atoms with E-state index in [1.807, 2.05) is 41.3 Å². The maximum Gasteiger partial charge on any atom is 0.225 e. The van der Waals surface area contributed by atoms with Crippen LogP contribution in [0.5, 0.6) is 17.2 Å². The van der Waals surface area contributed by atoms with Gasteiger partial charge in [0.05, 0.1) is 20.1 Å². The number of rotatable bonds is 6. The van der Waals surface area contributed by atoms with E-state index in [1.165, 1.54) is 5.56 Å². The number of hydrogen-bond acceptors (Lipinski definition) is 4. The molecule has 1 N–H and O–H groups in total. The van der Waals surface area contributed by atoms with Gasteiger partial charge in [-0.3, -0.25) is 4.79 Å². The standard InChI is InChI=1S/C21H25NO4/c1-25-19-6-8-20(9-7-19)26-15-12-21(24)22-13-10-17(11-14-22)16-2-4-18(23)5-3-16/h2-9,17,23H,10-15H2,1H3. The quantitative estimate of drug-likeness (QED) is 0.860. The summed E-state index contributed by atoms with van der Waals surface area (Å²) >= 11 is 0. The average Bonchev–Trinajstić information content (AvgIpc) is 2.69. The second-order valence-electron chi connectivity index (χ2n) is 6.52. The second-order valence-corrected chi connectivity index (χ2v) is 6.52. The molecule has 0 unspecified atom stereocenters. The van der Waals surface area contributed by atoms with Gasteiger partial charge in [0.15, 0.2) is 0 Å². The zero-order valence-corrected chi connectivity index (χ0v) is 15.1. The van der Waals surface area contributed by atoms with Crippen molar-refractivity contribution in [2.45, 2.75) is 25.2 Å². The molecule has 1 amide bonds. The van der Waals surface area contributed by atoms with Crippen molar-refractivity contribution in [3.63, 3.8) is 0 Å². The Kier molecular flexibility index (Phi) is 6.00. The predicted octanol–water partition coefficient (Wildman–Crippen LogP) is 3.58. The molecule has 0 aliphatic carbocycles. The van der Waals surface area contributed by atoms with Crippen molar-refractivity contribution in [1.29, 1.82) is 0 Å². The zero-order valence-electron chi connectivity index (χ0n) is 15.1. The fourth-order valence-corrected chi connectivity index (χ4v) is 3.29. The molecule has 5 heteroatoms. The summed E-state index contributed by atoms with van der Waals surface area (Å²) in [7, 11) is 1.62. The number of amides is 1. The molecule has 0 bridgehead atoms. The molecule has 138 valence electrons. The summed E-state index contributed by atoms with van der Waals surface area (Å²) in [5.41, 5.74) is 1.23. The minimum atomic E-state index is 0.141. The van der Waals surface area contributed by atoms with Gasteiger partial charge in [0, 0.05) is 13.1 Å². The summed E-state index contributed by atoms with van der Waals surface area (Å²) in [5.74, 6) is 2.41. The lowest BCUT2D eigenvalue weighted by Crippen LogP contribution is -2.38. The highest BCUT2D eigenvalue weighted by molar-refractivity contribution is 5.76. The average molecular weight is 355 g/mol. The van der Waals surface area contributed by atoms with E-state index >= 15 is 0 Å². The van der Waals surface area contributed by atoms with Gasteiger partial charge in [0.25, 0.3) is 0 Å². The molecule has 1 fully saturated rings. The number of piperidine rings is 1. The van der Waals surface area contributed by atoms with Gasteiger partial charge in [0.1, 0.15) is 17.2 Å². The van der Waals surface area contributed by atoms with E-state index < -0.39 is 0 Å². The number of likely N-dealkylation sites (tertiary alicyclic amines) is 1. The molecule has 0 atom stereocenters. The lowest BCUT2D eigenvalue weighted by molar-refractivity contribution is -0.132. The van der Waals surface area contributed by atoms with Gasteiger partial charge in [-0.05, 0) is 60.7 Å². The van der Waals surface area contributed by atoms with Crippen molar-refractivity contribution in [2.75, 3.05) is 26.8 Å². The third-order valence-electron chi connectivity index (χ3n) is 4.86. The van der Waals surface area contributed by atoms with E-state index in [-0.39, 0.29) is 5.91 Å². The number of ether oxygens (including phenoxy) is 2. The molecule has 0 aromatic heterocycles. The molecule has 0 radical (unpaired) electrons. The van der Waals surface area contributed by atoms with E-state index in [0.717, 1.165) is 37.4 Å². The number of carbonyl (C=O) groups excluding carboxylic acids is 1. The SMILES string of the molecule is COc1ccc(OCCC(=O)N2CCC(c3ccc(O)cc3)CC2)cc1. The van der Waals surface area contributed by atoms with Gasteiger partial charge in [0.2, 0.25) is 5.91 Å². The highest BCUT2D eigenvalue weighted by Gasteiger charge is 2.23. The fraction of sp³-hybridized carbons (Fsp3) is 0.381. The number of methoxy groups -OCH3 is 1. The van der Waals surface area contributed by atoms with Crippen LogP contribution in [-0.4, -0.2) is 42.7 Å². The predicted molar refractivity (Wildman–Crippen MR) is 99.8 cm³/mol. The molecule has 1 heterocycles. The number of nitrogens with zero attached hydrogens (tertiary/aromatic N) is 1. The minimum Gasteiger partial charge on any atom is -0.508 e. The van der Waals surface area contributed by atoms with Crippen molar-refractivity contribution in [2.24, 2.45) is 0 Å². The first kappa shape index (κ1) is 18.1. The Morgan fingerprint density at radius 3 is 2.27 bits per heavy atom. The van der Waals surface area contributed by atoms with Crippen LogP contribution < -0.4 is 9.47 Å². The minimum absolute atomic E-state index is 0.141. The summed E-state index contributed by atoms with van der Waals surface area (Å²) in [5, 5.41) is 9.39. The van der Waals surface area contributed by atoms with Crippen molar-refractivity contribution < 1.29 is 19.4 Å². The summed E-state index contributed by atoms with van der Waals surface area (Å²) in [6, 6.07) is 14.8. The van der Waals surface area contributed by atoms with Crippen LogP contribution >= 0.6 is 0 Å². The van der Waals surface area contributed by atoms with E-state index in [2.05, 4.69) is 0 Å². The van der Waals surface area contributed by atoms with Crippen LogP contribution in [0.3, 0.4) is 0 Å². The first-order chi connectivity index (χ1) is 12.7. The van der Waals surface area contributed by atoms with Gasteiger partial charge in [-0.25, -0.2) is 0 Å². The zero-order chi connectivity index (χ0) is 18.4. The van der Waals surface area contributed by atoms with Crippen LogP contribution in [0.15, 0.2) is 48.5 Å². The van der Waals surface area contributed by atoms with Crippen LogP contribution in [0.25, 0.3) is 0 Å². The smallest absolute Gasteiger partial charge is 0.225 e. The number of phenols is 1. The van der Waals surface area contributed by atoms with Crippen LogP contribution in [0.4, 0.5) is 0 Å². The van der Waals surface area contributed by atoms with Crippen molar-refractivity contribution in [1.82, 2.24) is 4.90 Å². The Balaban J connectivity index is 1.41. The van der Waals surface area contributed by atoms with Crippen LogP contribution in [0.1, 0.15) is 30.7 Å². The molecule has 1 aliphatic rings. The third kappa shape index (κ3) is 4.69. The molecule has 3 rings (SSSR count). The Hall–Kier alpha value is -2.69. The molecule has 0 spiro atoms. The van der Waals surface area contributed by atoms with E-state index in [1.54, 1.807) is 19.2 Å². The molecule has 0 saturated carbocycles. The lowest BCUT2D eigenvalue weighted by atomic mass is 9.89. The molecular weight excluding hydrogens is 330 g/mol. The Morgan fingerprint density at radius 2 is 1.65 bits per heavy atom. The summed E-state index contributed by atoms with van der Waals surface area (Å²) < 4.78 is 10.8. The molecule has 5 nitrogen and oxygen atoms in total. The Labute approximate surface area is 154 Å². The van der Waals surface area contributed by atoms with Crippen molar-refractivity contribution in [3.8, 4) is 17.2 Å². The largest absolute Gasteiger partial charge is 0.508 e. The fourth-order valence-electron chi connectivity index (χ4n) is 3.29. The van der Waals surface area contributed by atoms with Crippen LogP contribution in [0, 0.1) is 0 Å². The number of hydrogen-bond donors (Lipinski definition) is 1. The summed E-state index contributed by atoms with van der Waals surface area (Å²) in [4.78, 5) is 14.3. The van der Waals surface area contributed by atoms with Gasteiger partial charge < -0.3 is 19.5 Å². The van der Waals surface area contributed by atoms with Gasteiger partial charge in [-0.1, -0.05) is 12.1 Å². The number of benzene rings is 2. The Morgan fingerprint density at radius 1 is 1.04 bits per heavy atom. The number of aromatic hydroxyl groups is 1. The second kappa shape index (κ2) is 8.61. The number of phenolic OH excluding ortho intramolecular Hbond substituents is 1. The monoisotopic (exact) mass is 355 g/mol. The van der Waals surface area contributed by atoms with Crippen molar-refractivity contribution in [3.05, 3.63) is 54.1 Å². The molecular formula is C21H25NO4. The lowest BCUT2D eigenvalue weighted by Gasteiger charge is -2.32. The highest BCUT2D eigenvalue weighted by Crippen LogP contribution is 2.29. The normalized spacial score (nSPS) is 14.9. The van der Waals surface area contributed by atoms with Gasteiger partial charge >= 0.3 is 0 Å². The molecule has 2 aromatic carbocycles. The maximum absolute atomic E-state index is 12.4. The molecule has 2 aromatic rings. The molecule has 26 heavy (non-hydrogen) atoms. The number of carbonyl (C=O) groups is 1. The topological polar surface area (TPSA) is 59.0 Å². The van der Waals surface area contributed by atoms with Gasteiger partial charge in [-0.15, -0.1) is 0 Å². The summed E-state index contributed by atoms with van der Waals surface area (Å²) in [6.45, 7) is 1.92. The van der Waals surface area contributed by atoms with E-state index in [4.69, 9.17) is 9.47 Å². The van der Waals surface area contributed by atoms with Crippen molar-refractivity contribution >= 4 is 5.91 Å². The first-order valence-electron chi connectivity index (χ1n) is 8.99. The van der Waals surface area contributed by atoms with E-state index in [9.17, 15) is 9.90 Å². The first-order valence-corrected chi connectivity index (χ1v) is 8.99. The maximum atomic E-state index is 12.4. The summed E-state index contributed by atoms with van der Waals surface area (Å²) in [6.07, 6.45) is 2.29. The third-order valence-corrected chi connectivity index (χ3v) is 4.86.